The molecule has 2 aromatic heterocycles. The number of alkyl halides is 2. The van der Waals surface area contributed by atoms with Crippen LogP contribution in [0.1, 0.15) is 67.2 Å². The van der Waals surface area contributed by atoms with Crippen LogP contribution in [-0.2, 0) is 15.8 Å². The molecule has 1 aromatic carbocycles. The van der Waals surface area contributed by atoms with E-state index in [1.54, 1.807) is 6.07 Å². The maximum Gasteiger partial charge on any atom is 0.278 e. The Bertz CT molecular complexity index is 1620. The lowest BCUT2D eigenvalue weighted by molar-refractivity contribution is -0.0857. The van der Waals surface area contributed by atoms with Crippen LogP contribution in [0.4, 0.5) is 19.0 Å². The third-order valence-corrected chi connectivity index (χ3v) is 10.6. The molecule has 1 N–H and O–H groups in total. The van der Waals surface area contributed by atoms with Gasteiger partial charge in [-0.05, 0) is 64.6 Å². The number of hydrogen-bond donors (Lipinski definition) is 1. The zero-order valence-electron chi connectivity index (χ0n) is 24.5. The summed E-state index contributed by atoms with van der Waals surface area (Å²) in [5, 5.41) is 3.50. The van der Waals surface area contributed by atoms with Crippen molar-refractivity contribution in [1.82, 2.24) is 19.9 Å². The van der Waals surface area contributed by atoms with Gasteiger partial charge in [-0.3, -0.25) is 0 Å². The first-order chi connectivity index (χ1) is 20.4. The van der Waals surface area contributed by atoms with Gasteiger partial charge in [-0.15, -0.1) is 6.42 Å². The van der Waals surface area contributed by atoms with Gasteiger partial charge < -0.3 is 15.0 Å². The van der Waals surface area contributed by atoms with Crippen molar-refractivity contribution in [2.75, 3.05) is 38.0 Å². The molecule has 3 heterocycles. The van der Waals surface area contributed by atoms with Crippen molar-refractivity contribution in [3.63, 3.8) is 0 Å². The molecule has 2 aliphatic rings. The van der Waals surface area contributed by atoms with Crippen LogP contribution in [0.3, 0.4) is 0 Å². The number of sulfone groups is 1. The Hall–Kier alpha value is -3.43. The summed E-state index contributed by atoms with van der Waals surface area (Å²) in [6.45, 7) is 0. The molecule has 1 saturated carbocycles. The first-order valence-corrected chi connectivity index (χ1v) is 16.2. The van der Waals surface area contributed by atoms with Crippen molar-refractivity contribution in [2.24, 2.45) is 5.92 Å². The standard InChI is InChI=1S/C31H36F3N5O3S/c1-5-26(22-7-6-8-25(27(22)32)31(33,34)20-9-11-21(12-10-20)39(2)3)37-28-24-17-23(19-13-15-43(40,41)16-14-19)30(42-4)38-29(24)36-18-35-28/h1,6-8,17-21,26H,9-16H2,2-4H3,(H,35,36,37,38)/t20?,21?,26-/m1/s1. The van der Waals surface area contributed by atoms with Gasteiger partial charge in [0.2, 0.25) is 5.88 Å². The van der Waals surface area contributed by atoms with Crippen LogP contribution in [0.2, 0.25) is 0 Å². The molecule has 1 saturated heterocycles. The average molecular weight is 616 g/mol. The van der Waals surface area contributed by atoms with Gasteiger partial charge in [-0.25, -0.2) is 31.6 Å². The van der Waals surface area contributed by atoms with E-state index in [0.29, 0.717) is 55.4 Å². The minimum absolute atomic E-state index is 0.0613. The lowest BCUT2D eigenvalue weighted by Crippen LogP contribution is -2.37. The molecule has 5 rings (SSSR count). The fraction of sp³-hybridized carbons (Fsp3) is 0.516. The molecule has 8 nitrogen and oxygen atoms in total. The number of rotatable bonds is 8. The van der Waals surface area contributed by atoms with Crippen LogP contribution in [0, 0.1) is 24.1 Å². The molecule has 1 aliphatic heterocycles. The Labute approximate surface area is 250 Å². The molecule has 2 fully saturated rings. The largest absolute Gasteiger partial charge is 0.481 e. The van der Waals surface area contributed by atoms with Crippen LogP contribution in [0.15, 0.2) is 30.6 Å². The monoisotopic (exact) mass is 615 g/mol. The second-order valence-corrected chi connectivity index (χ2v) is 14.0. The zero-order chi connectivity index (χ0) is 30.9. The van der Waals surface area contributed by atoms with Gasteiger partial charge in [-0.2, -0.15) is 4.98 Å². The van der Waals surface area contributed by atoms with Gasteiger partial charge in [0.1, 0.15) is 33.8 Å². The molecule has 43 heavy (non-hydrogen) atoms. The first-order valence-electron chi connectivity index (χ1n) is 14.4. The van der Waals surface area contributed by atoms with Gasteiger partial charge in [0, 0.05) is 23.1 Å². The highest BCUT2D eigenvalue weighted by Crippen LogP contribution is 2.46. The van der Waals surface area contributed by atoms with Crippen molar-refractivity contribution in [3.05, 3.63) is 53.1 Å². The summed E-state index contributed by atoms with van der Waals surface area (Å²) >= 11 is 0. The number of benzene rings is 1. The molecule has 3 aromatic rings. The minimum atomic E-state index is -3.36. The van der Waals surface area contributed by atoms with Crippen LogP contribution in [0.5, 0.6) is 5.88 Å². The predicted octanol–water partition coefficient (Wildman–Crippen LogP) is 5.46. The SMILES string of the molecule is C#C[C@@H](Nc1ncnc2nc(OC)c(C3CCS(=O)(=O)CC3)cc12)c1cccc(C(F)(F)C2CCC(N(C)C)CC2)c1F. The van der Waals surface area contributed by atoms with Gasteiger partial charge in [0.25, 0.3) is 5.92 Å². The van der Waals surface area contributed by atoms with Crippen molar-refractivity contribution in [1.29, 1.82) is 0 Å². The molecule has 0 amide bonds. The van der Waals surface area contributed by atoms with E-state index in [-0.39, 0.29) is 40.5 Å². The fourth-order valence-corrected chi connectivity index (χ4v) is 7.80. The second-order valence-electron chi connectivity index (χ2n) is 11.7. The van der Waals surface area contributed by atoms with Gasteiger partial charge >= 0.3 is 0 Å². The normalized spacial score (nSPS) is 21.8. The van der Waals surface area contributed by atoms with Crippen molar-refractivity contribution >= 4 is 26.7 Å². The summed E-state index contributed by atoms with van der Waals surface area (Å²) < 4.78 is 76.9. The topological polar surface area (TPSA) is 97.3 Å². The van der Waals surface area contributed by atoms with E-state index in [2.05, 4.69) is 26.2 Å². The Kier molecular flexibility index (Phi) is 8.86. The highest BCUT2D eigenvalue weighted by atomic mass is 32.2. The highest BCUT2D eigenvalue weighted by molar-refractivity contribution is 7.91. The Balaban J connectivity index is 1.45. The summed E-state index contributed by atoms with van der Waals surface area (Å²) in [6.07, 6.45) is 9.77. The van der Waals surface area contributed by atoms with E-state index in [0.717, 1.165) is 6.07 Å². The average Bonchev–Trinajstić information content (AvgIpc) is 2.99. The number of nitrogens with one attached hydrogen (secondary N) is 1. The Morgan fingerprint density at radius 1 is 1.12 bits per heavy atom. The lowest BCUT2D eigenvalue weighted by atomic mass is 9.79. The van der Waals surface area contributed by atoms with Crippen LogP contribution in [-0.4, -0.2) is 67.0 Å². The zero-order valence-corrected chi connectivity index (χ0v) is 25.3. The van der Waals surface area contributed by atoms with Crippen LogP contribution < -0.4 is 10.1 Å². The second kappa shape index (κ2) is 12.3. The maximum absolute atomic E-state index is 15.9. The fourth-order valence-electron chi connectivity index (χ4n) is 6.31. The molecule has 0 spiro atoms. The third kappa shape index (κ3) is 6.29. The summed E-state index contributed by atoms with van der Waals surface area (Å²) in [5.74, 6) is -2.31. The quantitative estimate of drug-likeness (QED) is 0.334. The number of fused-ring (bicyclic) bond motifs is 1. The molecular formula is C31H36F3N5O3S. The van der Waals surface area contributed by atoms with Crippen molar-refractivity contribution in [3.8, 4) is 18.2 Å². The number of pyridine rings is 1. The number of anilines is 1. The molecular weight excluding hydrogens is 579 g/mol. The molecule has 0 bridgehead atoms. The highest BCUT2D eigenvalue weighted by Gasteiger charge is 2.45. The van der Waals surface area contributed by atoms with Gasteiger partial charge in [0.15, 0.2) is 5.65 Å². The Morgan fingerprint density at radius 3 is 2.44 bits per heavy atom. The number of aromatic nitrogens is 3. The van der Waals surface area contributed by atoms with E-state index in [4.69, 9.17) is 11.2 Å². The lowest BCUT2D eigenvalue weighted by Gasteiger charge is -2.36. The van der Waals surface area contributed by atoms with E-state index in [1.165, 1.54) is 25.6 Å². The first kappa shape index (κ1) is 31.0. The smallest absolute Gasteiger partial charge is 0.278 e. The number of methoxy groups -OCH3 is 1. The third-order valence-electron chi connectivity index (χ3n) is 8.89. The number of terminal acetylenes is 1. The maximum atomic E-state index is 15.9. The van der Waals surface area contributed by atoms with Gasteiger partial charge in [0.05, 0.1) is 29.6 Å². The number of halogens is 3. The van der Waals surface area contributed by atoms with Crippen LogP contribution in [0.25, 0.3) is 11.0 Å². The molecule has 1 atom stereocenters. The summed E-state index contributed by atoms with van der Waals surface area (Å²) in [7, 11) is 2.27. The van der Waals surface area contributed by atoms with E-state index < -0.39 is 39.1 Å². The van der Waals surface area contributed by atoms with E-state index >= 15 is 13.2 Å². The van der Waals surface area contributed by atoms with Crippen LogP contribution >= 0.6 is 0 Å². The molecule has 12 heteroatoms. The minimum Gasteiger partial charge on any atom is -0.481 e. The number of nitrogens with zero attached hydrogens (tertiary/aromatic N) is 4. The molecule has 0 radical (unpaired) electrons. The summed E-state index contributed by atoms with van der Waals surface area (Å²) in [5.41, 5.74) is 0.240. The summed E-state index contributed by atoms with van der Waals surface area (Å²) in [4.78, 5) is 15.1. The molecule has 230 valence electrons. The van der Waals surface area contributed by atoms with Crippen molar-refractivity contribution < 1.29 is 26.3 Å². The summed E-state index contributed by atoms with van der Waals surface area (Å²) in [6, 6.07) is 4.83. The number of ether oxygens (including phenoxy) is 1. The van der Waals surface area contributed by atoms with Gasteiger partial charge in [-0.1, -0.05) is 24.1 Å². The Morgan fingerprint density at radius 2 is 1.81 bits per heavy atom. The predicted molar refractivity (Wildman–Crippen MR) is 159 cm³/mol. The molecule has 0 unspecified atom stereocenters. The van der Waals surface area contributed by atoms with E-state index in [9.17, 15) is 8.42 Å². The van der Waals surface area contributed by atoms with Crippen molar-refractivity contribution in [2.45, 2.75) is 62.4 Å². The van der Waals surface area contributed by atoms with E-state index in [1.807, 2.05) is 19.0 Å². The number of hydrogen-bond acceptors (Lipinski definition) is 8. The molecule has 1 aliphatic carbocycles.